The second kappa shape index (κ2) is 6.12. The Morgan fingerprint density at radius 1 is 0.960 bits per heavy atom. The summed E-state index contributed by atoms with van der Waals surface area (Å²) in [5.74, 6) is 3.30. The highest BCUT2D eigenvalue weighted by atomic mass is 15.1. The van der Waals surface area contributed by atoms with E-state index < -0.39 is 0 Å². The molecule has 1 aromatic rings. The van der Waals surface area contributed by atoms with Gasteiger partial charge in [-0.1, -0.05) is 37.3 Å². The molecular formula is C24H35N. The van der Waals surface area contributed by atoms with Crippen molar-refractivity contribution in [2.75, 3.05) is 19.6 Å². The van der Waals surface area contributed by atoms with Crippen LogP contribution in [0.25, 0.3) is 0 Å². The van der Waals surface area contributed by atoms with E-state index in [-0.39, 0.29) is 0 Å². The van der Waals surface area contributed by atoms with Gasteiger partial charge in [-0.3, -0.25) is 0 Å². The Bertz CT molecular complexity index is 570. The van der Waals surface area contributed by atoms with Crippen molar-refractivity contribution in [3.05, 3.63) is 35.9 Å². The standard InChI is InChI=1S/C24H35N/c1-23(22-6-3-2-4-7-22)8-5-10-25(18-23)11-9-24-15-19-12-20(16-24)14-21(13-19)17-24/h2-4,6-7,19-21H,5,8-18H2,1H3. The molecule has 1 aromatic carbocycles. The molecule has 6 rings (SSSR count). The van der Waals surface area contributed by atoms with Crippen molar-refractivity contribution < 1.29 is 0 Å². The first-order valence-electron chi connectivity index (χ1n) is 10.9. The monoisotopic (exact) mass is 337 g/mol. The van der Waals surface area contributed by atoms with E-state index in [2.05, 4.69) is 42.2 Å². The second-order valence-electron chi connectivity index (χ2n) is 10.5. The quantitative estimate of drug-likeness (QED) is 0.686. The maximum atomic E-state index is 2.81. The molecular weight excluding hydrogens is 302 g/mol. The van der Waals surface area contributed by atoms with E-state index in [1.807, 2.05) is 0 Å². The molecule has 0 radical (unpaired) electrons. The van der Waals surface area contributed by atoms with Gasteiger partial charge in [0.15, 0.2) is 0 Å². The minimum absolute atomic E-state index is 0.362. The Morgan fingerprint density at radius 3 is 2.24 bits per heavy atom. The molecule has 1 saturated heterocycles. The number of nitrogens with zero attached hydrogens (tertiary/aromatic N) is 1. The summed E-state index contributed by atoms with van der Waals surface area (Å²) in [6.45, 7) is 6.45. The van der Waals surface area contributed by atoms with Crippen molar-refractivity contribution in [2.24, 2.45) is 23.2 Å². The smallest absolute Gasteiger partial charge is 0.00760 e. The zero-order valence-electron chi connectivity index (χ0n) is 16.1. The lowest BCUT2D eigenvalue weighted by molar-refractivity contribution is -0.0624. The average molecular weight is 338 g/mol. The van der Waals surface area contributed by atoms with Gasteiger partial charge in [-0.2, -0.15) is 0 Å². The fourth-order valence-corrected chi connectivity index (χ4v) is 7.60. The fraction of sp³-hybridized carbons (Fsp3) is 0.750. The van der Waals surface area contributed by atoms with Gasteiger partial charge in [0.05, 0.1) is 0 Å². The van der Waals surface area contributed by atoms with E-state index in [9.17, 15) is 0 Å². The van der Waals surface area contributed by atoms with Gasteiger partial charge in [-0.25, -0.2) is 0 Å². The molecule has 1 heterocycles. The summed E-state index contributed by atoms with van der Waals surface area (Å²) >= 11 is 0. The van der Waals surface area contributed by atoms with Crippen LogP contribution < -0.4 is 0 Å². The predicted molar refractivity (Wildman–Crippen MR) is 105 cm³/mol. The number of hydrogen-bond acceptors (Lipinski definition) is 1. The molecule has 136 valence electrons. The van der Waals surface area contributed by atoms with Gasteiger partial charge < -0.3 is 4.90 Å². The van der Waals surface area contributed by atoms with Crippen molar-refractivity contribution in [1.29, 1.82) is 0 Å². The Hall–Kier alpha value is -0.820. The molecule has 0 spiro atoms. The largest absolute Gasteiger partial charge is 0.302 e. The first kappa shape index (κ1) is 16.4. The van der Waals surface area contributed by atoms with E-state index in [0.717, 1.165) is 23.2 Å². The van der Waals surface area contributed by atoms with Crippen LogP contribution >= 0.6 is 0 Å². The number of likely N-dealkylation sites (tertiary alicyclic amines) is 1. The normalized spacial score (nSPS) is 43.5. The van der Waals surface area contributed by atoms with Crippen LogP contribution in [0.5, 0.6) is 0 Å². The van der Waals surface area contributed by atoms with E-state index in [1.165, 1.54) is 38.9 Å². The van der Waals surface area contributed by atoms with Gasteiger partial charge in [0.1, 0.15) is 0 Å². The molecule has 0 N–H and O–H groups in total. The lowest BCUT2D eigenvalue weighted by Crippen LogP contribution is -2.49. The van der Waals surface area contributed by atoms with Crippen molar-refractivity contribution in [3.63, 3.8) is 0 Å². The first-order valence-corrected chi connectivity index (χ1v) is 10.9. The summed E-state index contributed by atoms with van der Waals surface area (Å²) in [5, 5.41) is 0. The maximum Gasteiger partial charge on any atom is 0.00760 e. The molecule has 1 heteroatoms. The Labute approximate surface area is 154 Å². The van der Waals surface area contributed by atoms with Gasteiger partial charge in [0.25, 0.3) is 0 Å². The third kappa shape index (κ3) is 3.07. The topological polar surface area (TPSA) is 3.24 Å². The summed E-state index contributed by atoms with van der Waals surface area (Å²) in [6.07, 6.45) is 13.7. The van der Waals surface area contributed by atoms with Crippen molar-refractivity contribution >= 4 is 0 Å². The summed E-state index contributed by atoms with van der Waals surface area (Å²) in [7, 11) is 0. The van der Waals surface area contributed by atoms with Gasteiger partial charge in [0, 0.05) is 12.0 Å². The zero-order valence-corrected chi connectivity index (χ0v) is 16.1. The van der Waals surface area contributed by atoms with Crippen molar-refractivity contribution in [2.45, 2.75) is 70.1 Å². The van der Waals surface area contributed by atoms with E-state index in [0.29, 0.717) is 5.41 Å². The molecule has 1 unspecified atom stereocenters. The van der Waals surface area contributed by atoms with Crippen LogP contribution in [0.4, 0.5) is 0 Å². The third-order valence-corrected chi connectivity index (χ3v) is 8.37. The van der Waals surface area contributed by atoms with Crippen LogP contribution in [0.1, 0.15) is 70.3 Å². The molecule has 5 aliphatic rings. The summed E-state index contributed by atoms with van der Waals surface area (Å²) in [5.41, 5.74) is 2.66. The Morgan fingerprint density at radius 2 is 1.60 bits per heavy atom. The lowest BCUT2D eigenvalue weighted by Gasteiger charge is -2.57. The van der Waals surface area contributed by atoms with Crippen LogP contribution in [0.3, 0.4) is 0 Å². The molecule has 0 aromatic heterocycles. The van der Waals surface area contributed by atoms with E-state index in [4.69, 9.17) is 0 Å². The van der Waals surface area contributed by atoms with Crippen LogP contribution in [-0.4, -0.2) is 24.5 Å². The Balaban J connectivity index is 1.24. The van der Waals surface area contributed by atoms with Crippen LogP contribution in [0.15, 0.2) is 30.3 Å². The number of hydrogen-bond donors (Lipinski definition) is 0. The highest BCUT2D eigenvalue weighted by Crippen LogP contribution is 2.61. The van der Waals surface area contributed by atoms with Crippen molar-refractivity contribution in [1.82, 2.24) is 4.90 Å². The molecule has 1 aliphatic heterocycles. The van der Waals surface area contributed by atoms with Crippen LogP contribution in [0.2, 0.25) is 0 Å². The summed E-state index contributed by atoms with van der Waals surface area (Å²) < 4.78 is 0. The minimum atomic E-state index is 0.362. The number of piperidine rings is 1. The van der Waals surface area contributed by atoms with Crippen LogP contribution in [-0.2, 0) is 5.41 Å². The highest BCUT2D eigenvalue weighted by Gasteiger charge is 2.50. The van der Waals surface area contributed by atoms with Crippen molar-refractivity contribution in [3.8, 4) is 0 Å². The molecule has 4 aliphatic carbocycles. The molecule has 0 amide bonds. The SMILES string of the molecule is CC1(c2ccccc2)CCCN(CCC23CC4CC(CC(C4)C2)C3)C1. The lowest BCUT2D eigenvalue weighted by atomic mass is 9.49. The minimum Gasteiger partial charge on any atom is -0.302 e. The zero-order chi connectivity index (χ0) is 16.9. The van der Waals surface area contributed by atoms with E-state index in [1.54, 1.807) is 44.1 Å². The highest BCUT2D eigenvalue weighted by molar-refractivity contribution is 5.25. The van der Waals surface area contributed by atoms with Gasteiger partial charge in [-0.05, 0) is 99.6 Å². The molecule has 4 saturated carbocycles. The summed E-state index contributed by atoms with van der Waals surface area (Å²) in [4.78, 5) is 2.81. The third-order valence-electron chi connectivity index (χ3n) is 8.37. The second-order valence-corrected chi connectivity index (χ2v) is 10.5. The Kier molecular flexibility index (Phi) is 4.00. The van der Waals surface area contributed by atoms with E-state index >= 15 is 0 Å². The first-order chi connectivity index (χ1) is 12.1. The van der Waals surface area contributed by atoms with Gasteiger partial charge in [-0.15, -0.1) is 0 Å². The maximum absolute atomic E-state index is 2.81. The molecule has 4 bridgehead atoms. The molecule has 1 atom stereocenters. The van der Waals surface area contributed by atoms with Gasteiger partial charge in [0.2, 0.25) is 0 Å². The number of rotatable bonds is 4. The summed E-state index contributed by atoms with van der Waals surface area (Å²) in [6, 6.07) is 11.3. The van der Waals surface area contributed by atoms with Gasteiger partial charge >= 0.3 is 0 Å². The van der Waals surface area contributed by atoms with Crippen LogP contribution in [0, 0.1) is 23.2 Å². The fourth-order valence-electron chi connectivity index (χ4n) is 7.60. The number of benzene rings is 1. The predicted octanol–water partition coefficient (Wildman–Crippen LogP) is 5.65. The molecule has 5 fully saturated rings. The molecule has 25 heavy (non-hydrogen) atoms. The molecule has 1 nitrogen and oxygen atoms in total. The average Bonchev–Trinajstić information content (AvgIpc) is 2.60.